The number of aliphatic hydroxyl groups is 1. The summed E-state index contributed by atoms with van der Waals surface area (Å²) in [4.78, 5) is 12.1. The predicted octanol–water partition coefficient (Wildman–Crippen LogP) is 3.80. The Morgan fingerprint density at radius 3 is 2.54 bits per heavy atom. The Balaban J connectivity index is 1.79. The van der Waals surface area contributed by atoms with E-state index in [2.05, 4.69) is 27.3 Å². The summed E-state index contributed by atoms with van der Waals surface area (Å²) in [5, 5.41) is 13.2. The molecule has 0 heterocycles. The highest BCUT2D eigenvalue weighted by Gasteiger charge is 2.17. The number of carbonyl (C=O) groups is 1. The molecule has 0 aliphatic carbocycles. The summed E-state index contributed by atoms with van der Waals surface area (Å²) in [6.07, 6.45) is 1.06. The number of nitrogens with one attached hydrogen (secondary N) is 1. The van der Waals surface area contributed by atoms with Crippen LogP contribution in [0.15, 0.2) is 53.0 Å². The van der Waals surface area contributed by atoms with Gasteiger partial charge in [-0.25, -0.2) is 0 Å². The highest BCUT2D eigenvalue weighted by molar-refractivity contribution is 9.10. The first kappa shape index (κ1) is 18.7. The zero-order chi connectivity index (χ0) is 17.5. The monoisotopic (exact) mass is 389 g/mol. The van der Waals surface area contributed by atoms with Crippen molar-refractivity contribution >= 4 is 21.8 Å². The predicted molar refractivity (Wildman–Crippen MR) is 101 cm³/mol. The van der Waals surface area contributed by atoms with Gasteiger partial charge in [0.25, 0.3) is 0 Å². The SMILES string of the molecule is Cc1cc(CCC(=O)NC(C)C(O)Cc2ccccc2)ccc1Br. The van der Waals surface area contributed by atoms with Crippen LogP contribution in [0.5, 0.6) is 0 Å². The Hall–Kier alpha value is -1.65. The fourth-order valence-electron chi connectivity index (χ4n) is 2.57. The smallest absolute Gasteiger partial charge is 0.220 e. The first-order valence-electron chi connectivity index (χ1n) is 8.22. The minimum Gasteiger partial charge on any atom is -0.391 e. The van der Waals surface area contributed by atoms with Crippen molar-refractivity contribution in [1.82, 2.24) is 5.32 Å². The van der Waals surface area contributed by atoms with Crippen LogP contribution in [0.4, 0.5) is 0 Å². The van der Waals surface area contributed by atoms with Crippen molar-refractivity contribution < 1.29 is 9.90 Å². The van der Waals surface area contributed by atoms with E-state index in [0.717, 1.165) is 15.6 Å². The topological polar surface area (TPSA) is 49.3 Å². The van der Waals surface area contributed by atoms with Crippen LogP contribution in [0.2, 0.25) is 0 Å². The summed E-state index contributed by atoms with van der Waals surface area (Å²) in [6.45, 7) is 3.88. The zero-order valence-electron chi connectivity index (χ0n) is 14.1. The second-order valence-corrected chi connectivity index (χ2v) is 7.05. The molecule has 2 N–H and O–H groups in total. The molecule has 0 saturated carbocycles. The Kier molecular flexibility index (Phi) is 7.00. The van der Waals surface area contributed by atoms with E-state index < -0.39 is 6.10 Å². The number of benzene rings is 2. The molecule has 0 spiro atoms. The Bertz CT molecular complexity index is 673. The van der Waals surface area contributed by atoms with Gasteiger partial charge in [0, 0.05) is 17.3 Å². The average Bonchev–Trinajstić information content (AvgIpc) is 2.56. The number of halogens is 1. The van der Waals surface area contributed by atoms with Gasteiger partial charge in [-0.3, -0.25) is 4.79 Å². The molecule has 0 radical (unpaired) electrons. The Morgan fingerprint density at radius 1 is 1.17 bits per heavy atom. The van der Waals surface area contributed by atoms with Crippen molar-refractivity contribution in [1.29, 1.82) is 0 Å². The molecule has 1 amide bonds. The number of hydrogen-bond donors (Lipinski definition) is 2. The molecule has 24 heavy (non-hydrogen) atoms. The number of rotatable bonds is 7. The van der Waals surface area contributed by atoms with E-state index in [0.29, 0.717) is 19.3 Å². The lowest BCUT2D eigenvalue weighted by molar-refractivity contribution is -0.122. The van der Waals surface area contributed by atoms with Gasteiger partial charge in [0.15, 0.2) is 0 Å². The molecule has 3 nitrogen and oxygen atoms in total. The average molecular weight is 390 g/mol. The lowest BCUT2D eigenvalue weighted by Crippen LogP contribution is -2.42. The first-order chi connectivity index (χ1) is 11.5. The minimum absolute atomic E-state index is 0.0322. The van der Waals surface area contributed by atoms with Crippen LogP contribution >= 0.6 is 15.9 Å². The molecular formula is C20H24BrNO2. The van der Waals surface area contributed by atoms with Crippen LogP contribution in [0.3, 0.4) is 0 Å². The third kappa shape index (κ3) is 5.77. The summed E-state index contributed by atoms with van der Waals surface area (Å²) in [6, 6.07) is 15.7. The van der Waals surface area contributed by atoms with Crippen molar-refractivity contribution in [3.05, 3.63) is 69.7 Å². The lowest BCUT2D eigenvalue weighted by atomic mass is 10.0. The Morgan fingerprint density at radius 2 is 1.88 bits per heavy atom. The largest absolute Gasteiger partial charge is 0.391 e. The molecule has 2 aromatic rings. The van der Waals surface area contributed by atoms with E-state index >= 15 is 0 Å². The van der Waals surface area contributed by atoms with Crippen molar-refractivity contribution in [2.24, 2.45) is 0 Å². The van der Waals surface area contributed by atoms with Crippen molar-refractivity contribution in [3.63, 3.8) is 0 Å². The summed E-state index contributed by atoms with van der Waals surface area (Å²) in [5.74, 6) is -0.0322. The molecule has 2 atom stereocenters. The van der Waals surface area contributed by atoms with Gasteiger partial charge in [-0.15, -0.1) is 0 Å². The van der Waals surface area contributed by atoms with E-state index in [4.69, 9.17) is 0 Å². The maximum Gasteiger partial charge on any atom is 0.220 e. The maximum absolute atomic E-state index is 12.1. The van der Waals surface area contributed by atoms with E-state index in [-0.39, 0.29) is 11.9 Å². The molecule has 2 unspecified atom stereocenters. The van der Waals surface area contributed by atoms with E-state index in [9.17, 15) is 9.90 Å². The fraction of sp³-hybridized carbons (Fsp3) is 0.350. The minimum atomic E-state index is -0.591. The van der Waals surface area contributed by atoms with Gasteiger partial charge in [0.1, 0.15) is 0 Å². The van der Waals surface area contributed by atoms with E-state index in [1.165, 1.54) is 5.56 Å². The fourth-order valence-corrected chi connectivity index (χ4v) is 2.82. The molecule has 0 fully saturated rings. The first-order valence-corrected chi connectivity index (χ1v) is 9.01. The van der Waals surface area contributed by atoms with Gasteiger partial charge >= 0.3 is 0 Å². The third-order valence-electron chi connectivity index (χ3n) is 4.12. The normalized spacial score (nSPS) is 13.3. The van der Waals surface area contributed by atoms with Crippen LogP contribution in [-0.2, 0) is 17.6 Å². The number of aryl methyl sites for hydroxylation is 2. The summed E-state index contributed by atoms with van der Waals surface area (Å²) in [7, 11) is 0. The molecule has 0 aliphatic heterocycles. The summed E-state index contributed by atoms with van der Waals surface area (Å²) >= 11 is 3.48. The van der Waals surface area contributed by atoms with Crippen LogP contribution in [0.1, 0.15) is 30.0 Å². The highest BCUT2D eigenvalue weighted by Crippen LogP contribution is 2.18. The summed E-state index contributed by atoms with van der Waals surface area (Å²) in [5.41, 5.74) is 3.37. The second-order valence-electron chi connectivity index (χ2n) is 6.20. The van der Waals surface area contributed by atoms with Gasteiger partial charge in [-0.2, -0.15) is 0 Å². The molecule has 0 aromatic heterocycles. The number of hydrogen-bond acceptors (Lipinski definition) is 2. The van der Waals surface area contributed by atoms with Gasteiger partial charge in [-0.1, -0.05) is 58.4 Å². The van der Waals surface area contributed by atoms with Gasteiger partial charge in [-0.05, 0) is 43.0 Å². The molecule has 4 heteroatoms. The van der Waals surface area contributed by atoms with Crippen molar-refractivity contribution in [2.75, 3.05) is 0 Å². The number of carbonyl (C=O) groups excluding carboxylic acids is 1. The number of aliphatic hydroxyl groups excluding tert-OH is 1. The van der Waals surface area contributed by atoms with Crippen molar-refractivity contribution in [3.8, 4) is 0 Å². The Labute approximate surface area is 152 Å². The van der Waals surface area contributed by atoms with Crippen LogP contribution < -0.4 is 5.32 Å². The third-order valence-corrected chi connectivity index (χ3v) is 5.01. The molecule has 2 aromatic carbocycles. The van der Waals surface area contributed by atoms with E-state index in [1.54, 1.807) is 0 Å². The van der Waals surface area contributed by atoms with E-state index in [1.807, 2.05) is 56.3 Å². The van der Waals surface area contributed by atoms with Crippen LogP contribution in [-0.4, -0.2) is 23.2 Å². The summed E-state index contributed by atoms with van der Waals surface area (Å²) < 4.78 is 1.08. The molecular weight excluding hydrogens is 366 g/mol. The lowest BCUT2D eigenvalue weighted by Gasteiger charge is -2.20. The molecule has 2 rings (SSSR count). The van der Waals surface area contributed by atoms with Crippen LogP contribution in [0, 0.1) is 6.92 Å². The zero-order valence-corrected chi connectivity index (χ0v) is 15.7. The van der Waals surface area contributed by atoms with Crippen LogP contribution in [0.25, 0.3) is 0 Å². The molecule has 0 aliphatic rings. The standard InChI is InChI=1S/C20H24BrNO2/c1-14-12-17(8-10-18(14)21)9-11-20(24)22-15(2)19(23)13-16-6-4-3-5-7-16/h3-8,10,12,15,19,23H,9,11,13H2,1-2H3,(H,22,24). The maximum atomic E-state index is 12.1. The van der Waals surface area contributed by atoms with Crippen molar-refractivity contribution in [2.45, 2.75) is 45.3 Å². The number of amides is 1. The molecule has 128 valence electrons. The van der Waals surface area contributed by atoms with Gasteiger partial charge < -0.3 is 10.4 Å². The quantitative estimate of drug-likeness (QED) is 0.756. The van der Waals surface area contributed by atoms with Gasteiger partial charge in [0.2, 0.25) is 5.91 Å². The second kappa shape index (κ2) is 9.00. The van der Waals surface area contributed by atoms with Gasteiger partial charge in [0.05, 0.1) is 12.1 Å². The molecule has 0 saturated heterocycles. The highest BCUT2D eigenvalue weighted by atomic mass is 79.9. The molecule has 0 bridgehead atoms.